The Morgan fingerprint density at radius 1 is 0.950 bits per heavy atom. The summed E-state index contributed by atoms with van der Waals surface area (Å²) in [4.78, 5) is 49.6. The fraction of sp³-hybridized carbons (Fsp3) is 0.207. The van der Waals surface area contributed by atoms with Crippen molar-refractivity contribution in [2.45, 2.75) is 19.0 Å². The fourth-order valence-electron chi connectivity index (χ4n) is 4.25. The van der Waals surface area contributed by atoms with Crippen LogP contribution in [0.4, 0.5) is 11.4 Å². The van der Waals surface area contributed by atoms with Crippen LogP contribution in [0.2, 0.25) is 0 Å². The molecule has 0 aromatic heterocycles. The second kappa shape index (κ2) is 12.0. The van der Waals surface area contributed by atoms with Crippen molar-refractivity contribution in [3.8, 4) is 11.5 Å². The van der Waals surface area contributed by atoms with Gasteiger partial charge >= 0.3 is 0 Å². The average Bonchev–Trinajstić information content (AvgIpc) is 3.31. The van der Waals surface area contributed by atoms with Gasteiger partial charge in [0.05, 0.1) is 32.1 Å². The molecular formula is C29H27N5O5S. The van der Waals surface area contributed by atoms with E-state index in [0.29, 0.717) is 40.2 Å². The molecule has 3 aromatic carbocycles. The van der Waals surface area contributed by atoms with Gasteiger partial charge in [0.15, 0.2) is 5.17 Å². The van der Waals surface area contributed by atoms with Gasteiger partial charge < -0.3 is 20.1 Å². The summed E-state index contributed by atoms with van der Waals surface area (Å²) in [5.74, 6) is 0.883. The maximum Gasteiger partial charge on any atom is 0.259 e. The van der Waals surface area contributed by atoms with Crippen LogP contribution in [0.3, 0.4) is 0 Å². The number of anilines is 1. The number of carbonyl (C=O) groups excluding carboxylic acids is 3. The van der Waals surface area contributed by atoms with Crippen LogP contribution in [0.25, 0.3) is 0 Å². The van der Waals surface area contributed by atoms with E-state index in [1.165, 1.54) is 4.90 Å². The van der Waals surface area contributed by atoms with Crippen LogP contribution < -0.4 is 20.1 Å². The summed E-state index contributed by atoms with van der Waals surface area (Å²) < 4.78 is 10.4. The number of para-hydroxylation sites is 1. The summed E-state index contributed by atoms with van der Waals surface area (Å²) in [6, 6.07) is 20.9. The van der Waals surface area contributed by atoms with Gasteiger partial charge in [-0.15, -0.1) is 0 Å². The molecule has 1 unspecified atom stereocenters. The molecule has 0 aliphatic carbocycles. The number of hydrogen-bond acceptors (Lipinski definition) is 8. The molecule has 2 aliphatic rings. The average molecular weight is 558 g/mol. The Kier molecular flexibility index (Phi) is 8.11. The van der Waals surface area contributed by atoms with Crippen LogP contribution in [0.5, 0.6) is 11.5 Å². The lowest BCUT2D eigenvalue weighted by molar-refractivity contribution is -0.128. The lowest BCUT2D eigenvalue weighted by atomic mass is 10.1. The topological polar surface area (TPSA) is 122 Å². The Bertz CT molecular complexity index is 1500. The van der Waals surface area contributed by atoms with Gasteiger partial charge in [-0.25, -0.2) is 9.89 Å². The summed E-state index contributed by atoms with van der Waals surface area (Å²) in [6.45, 7) is 0.317. The Morgan fingerprint density at radius 2 is 1.73 bits per heavy atom. The Balaban J connectivity index is 1.26. The van der Waals surface area contributed by atoms with E-state index in [0.717, 1.165) is 23.1 Å². The molecule has 0 saturated carbocycles. The highest BCUT2D eigenvalue weighted by Crippen LogP contribution is 2.34. The number of amides is 3. The number of aliphatic imine (C=N–C) groups is 2. The molecule has 0 radical (unpaired) electrons. The number of ether oxygens (including phenoxy) is 2. The molecule has 40 heavy (non-hydrogen) atoms. The van der Waals surface area contributed by atoms with E-state index in [1.54, 1.807) is 38.5 Å². The van der Waals surface area contributed by atoms with Gasteiger partial charge in [0.25, 0.3) is 5.91 Å². The first-order chi connectivity index (χ1) is 19.4. The van der Waals surface area contributed by atoms with Gasteiger partial charge in [-0.2, -0.15) is 0 Å². The van der Waals surface area contributed by atoms with Crippen molar-refractivity contribution in [2.24, 2.45) is 9.98 Å². The second-order valence-electron chi connectivity index (χ2n) is 8.95. The molecule has 5 rings (SSSR count). The molecule has 2 N–H and O–H groups in total. The maximum atomic E-state index is 13.5. The number of thioether (sulfide) groups is 1. The number of benzene rings is 3. The molecule has 0 spiro atoms. The van der Waals surface area contributed by atoms with Crippen molar-refractivity contribution >= 4 is 51.9 Å². The van der Waals surface area contributed by atoms with Crippen molar-refractivity contribution in [3.05, 3.63) is 83.9 Å². The van der Waals surface area contributed by atoms with Gasteiger partial charge in [0.1, 0.15) is 23.4 Å². The summed E-state index contributed by atoms with van der Waals surface area (Å²) in [5.41, 5.74) is 2.84. The van der Waals surface area contributed by atoms with Gasteiger partial charge in [0.2, 0.25) is 11.8 Å². The Labute approximate surface area is 235 Å². The zero-order chi connectivity index (χ0) is 28.1. The number of fused-ring (bicyclic) bond motifs is 3. The van der Waals surface area contributed by atoms with Crippen molar-refractivity contribution in [1.82, 2.24) is 10.2 Å². The zero-order valence-corrected chi connectivity index (χ0v) is 22.7. The number of rotatable bonds is 9. The first kappa shape index (κ1) is 26.9. The van der Waals surface area contributed by atoms with Crippen molar-refractivity contribution < 1.29 is 23.9 Å². The first-order valence-electron chi connectivity index (χ1n) is 12.5. The minimum absolute atomic E-state index is 0.0162. The number of nitrogens with zero attached hydrogens (tertiary/aromatic N) is 3. The molecule has 11 heteroatoms. The van der Waals surface area contributed by atoms with Crippen molar-refractivity contribution in [3.63, 3.8) is 0 Å². The molecule has 3 amide bonds. The van der Waals surface area contributed by atoms with E-state index in [9.17, 15) is 14.4 Å². The number of carbonyl (C=O) groups is 3. The van der Waals surface area contributed by atoms with E-state index in [-0.39, 0.29) is 29.9 Å². The molecule has 2 heterocycles. The SMILES string of the molecule is COc1ccc(CNC(=O)CC2N=C3c4ccccc4N=C(SCC(=O)Nc4cccc(OC)c4)N3C2=O)cc1. The third-order valence-corrected chi connectivity index (χ3v) is 7.20. The lowest BCUT2D eigenvalue weighted by Gasteiger charge is -2.25. The predicted octanol–water partition coefficient (Wildman–Crippen LogP) is 3.74. The maximum absolute atomic E-state index is 13.5. The molecule has 0 fully saturated rings. The Hall–Kier alpha value is -4.64. The molecule has 1 atom stereocenters. The molecule has 10 nitrogen and oxygen atoms in total. The van der Waals surface area contributed by atoms with E-state index >= 15 is 0 Å². The van der Waals surface area contributed by atoms with Gasteiger partial charge in [-0.05, 0) is 42.0 Å². The minimum Gasteiger partial charge on any atom is -0.497 e. The molecular weight excluding hydrogens is 530 g/mol. The largest absolute Gasteiger partial charge is 0.497 e. The van der Waals surface area contributed by atoms with Crippen LogP contribution in [0.1, 0.15) is 17.5 Å². The standard InChI is InChI=1S/C29H27N5O5S/c1-38-20-12-10-18(11-13-20)16-30-25(35)15-24-28(37)34-27(32-24)22-8-3-4-9-23(22)33-29(34)40-17-26(36)31-19-6-5-7-21(14-19)39-2/h3-14,24H,15-17H2,1-2H3,(H,30,35)(H,31,36). The quantitative estimate of drug-likeness (QED) is 0.414. The highest BCUT2D eigenvalue weighted by atomic mass is 32.2. The summed E-state index contributed by atoms with van der Waals surface area (Å²) in [7, 11) is 3.15. The molecule has 0 saturated heterocycles. The number of hydrogen-bond donors (Lipinski definition) is 2. The van der Waals surface area contributed by atoms with Gasteiger partial charge in [-0.1, -0.05) is 42.1 Å². The normalized spacial score (nSPS) is 15.4. The molecule has 204 valence electrons. The predicted molar refractivity (Wildman–Crippen MR) is 154 cm³/mol. The fourth-order valence-corrected chi connectivity index (χ4v) is 5.05. The monoisotopic (exact) mass is 557 g/mol. The van der Waals surface area contributed by atoms with Gasteiger partial charge in [-0.3, -0.25) is 19.4 Å². The highest BCUT2D eigenvalue weighted by molar-refractivity contribution is 8.14. The van der Waals surface area contributed by atoms with E-state index in [1.807, 2.05) is 48.5 Å². The number of methoxy groups -OCH3 is 2. The second-order valence-corrected chi connectivity index (χ2v) is 9.89. The summed E-state index contributed by atoms with van der Waals surface area (Å²) in [6.07, 6.45) is -0.106. The third-order valence-electron chi connectivity index (χ3n) is 6.26. The third kappa shape index (κ3) is 5.99. The molecule has 0 bridgehead atoms. The van der Waals surface area contributed by atoms with E-state index < -0.39 is 6.04 Å². The van der Waals surface area contributed by atoms with E-state index in [4.69, 9.17) is 9.47 Å². The highest BCUT2D eigenvalue weighted by Gasteiger charge is 2.42. The van der Waals surface area contributed by atoms with Crippen LogP contribution in [0.15, 0.2) is 82.8 Å². The first-order valence-corrected chi connectivity index (χ1v) is 13.5. The zero-order valence-electron chi connectivity index (χ0n) is 21.9. The van der Waals surface area contributed by atoms with Crippen LogP contribution in [-0.4, -0.2) is 59.6 Å². The molecule has 3 aromatic rings. The minimum atomic E-state index is -0.895. The van der Waals surface area contributed by atoms with Crippen molar-refractivity contribution in [1.29, 1.82) is 0 Å². The number of amidine groups is 2. The summed E-state index contributed by atoms with van der Waals surface area (Å²) in [5, 5.41) is 6.01. The van der Waals surface area contributed by atoms with Crippen LogP contribution in [0, 0.1) is 0 Å². The van der Waals surface area contributed by atoms with Gasteiger partial charge in [0, 0.05) is 23.9 Å². The Morgan fingerprint density at radius 3 is 2.50 bits per heavy atom. The lowest BCUT2D eigenvalue weighted by Crippen LogP contribution is -2.42. The van der Waals surface area contributed by atoms with Crippen LogP contribution in [-0.2, 0) is 20.9 Å². The molecule has 2 aliphatic heterocycles. The number of nitrogens with one attached hydrogen (secondary N) is 2. The van der Waals surface area contributed by atoms with Crippen molar-refractivity contribution in [2.75, 3.05) is 25.3 Å². The smallest absolute Gasteiger partial charge is 0.259 e. The summed E-state index contributed by atoms with van der Waals surface area (Å²) >= 11 is 1.13. The van der Waals surface area contributed by atoms with E-state index in [2.05, 4.69) is 20.6 Å². The van der Waals surface area contributed by atoms with Crippen LogP contribution >= 0.6 is 11.8 Å².